The summed E-state index contributed by atoms with van der Waals surface area (Å²) in [6.07, 6.45) is 2.74. The largest absolute Gasteiger partial charge is 0.381 e. The number of fused-ring (bicyclic) bond motifs is 4. The summed E-state index contributed by atoms with van der Waals surface area (Å²) in [6, 6.07) is 19.8. The maximum Gasteiger partial charge on any atom is 0.255 e. The standard InChI is InChI=1S/C48H45ClF2N8O8/c49-30-10-13-32-34(24-30)44(42-36(50)5-2-6-37(42)51)53-25-29-26-54-48(58-43(29)32)55-31-11-8-28(9-12-31)45(62)52-17-21-67-23-22-66-19-3-18-65-20-16-41(61)56-38-7-1-4-33-35(38)27-59(47(33)64)39-14-15-40(60)57-46(39)63/h1-2,4-13,24,26,39H,3,14-23,25,27H2,(H,52,62)(H,56,61)(H,54,55,58)(H,57,60,63). The fraction of sp³-hybridized carbons (Fsp3) is 0.292. The van der Waals surface area contributed by atoms with Gasteiger partial charge in [0.1, 0.15) is 17.7 Å². The Labute approximate surface area is 388 Å². The third-order valence-electron chi connectivity index (χ3n) is 11.2. The quantitative estimate of drug-likeness (QED) is 0.0548. The van der Waals surface area contributed by atoms with E-state index in [2.05, 4.69) is 31.2 Å². The molecule has 0 aliphatic carbocycles. The van der Waals surface area contributed by atoms with Crippen molar-refractivity contribution in [1.82, 2.24) is 25.5 Å². The van der Waals surface area contributed by atoms with Crippen LogP contribution in [0.2, 0.25) is 5.02 Å². The van der Waals surface area contributed by atoms with Gasteiger partial charge < -0.3 is 35.1 Å². The molecule has 1 unspecified atom stereocenters. The van der Waals surface area contributed by atoms with E-state index in [1.54, 1.807) is 66.9 Å². The number of piperidine rings is 1. The van der Waals surface area contributed by atoms with Crippen LogP contribution in [0.1, 0.15) is 68.7 Å². The Balaban J connectivity index is 0.690. The van der Waals surface area contributed by atoms with Crippen molar-refractivity contribution in [3.63, 3.8) is 0 Å². The summed E-state index contributed by atoms with van der Waals surface area (Å²) in [5.74, 6) is -2.94. The predicted molar refractivity (Wildman–Crippen MR) is 243 cm³/mol. The zero-order chi connectivity index (χ0) is 46.9. The Bertz CT molecular complexity index is 2720. The average Bonchev–Trinajstić information content (AvgIpc) is 3.57. The third-order valence-corrected chi connectivity index (χ3v) is 11.4. The van der Waals surface area contributed by atoms with Gasteiger partial charge in [-0.1, -0.05) is 29.8 Å². The lowest BCUT2D eigenvalue weighted by molar-refractivity contribution is -0.137. The second-order valence-electron chi connectivity index (χ2n) is 15.7. The van der Waals surface area contributed by atoms with Crippen molar-refractivity contribution in [3.05, 3.63) is 135 Å². The summed E-state index contributed by atoms with van der Waals surface area (Å²) < 4.78 is 46.6. The van der Waals surface area contributed by atoms with Crippen molar-refractivity contribution in [2.45, 2.75) is 44.8 Å². The molecule has 16 nitrogen and oxygen atoms in total. The number of nitrogens with one attached hydrogen (secondary N) is 4. The Kier molecular flexibility index (Phi) is 15.0. The van der Waals surface area contributed by atoms with Crippen LogP contribution in [0.25, 0.3) is 11.3 Å². The molecule has 346 valence electrons. The average molecular weight is 935 g/mol. The zero-order valence-electron chi connectivity index (χ0n) is 36.0. The number of hydrogen-bond acceptors (Lipinski definition) is 12. The molecule has 67 heavy (non-hydrogen) atoms. The SMILES string of the molecule is O=C1CCC(N2Cc3c(NC(=O)CCOCCCOCCOCCNC(=O)c4ccc(Nc5ncc6c(n5)-c5ccc(Cl)cc5C(c5c(F)cccc5F)=NC6)cc4)cccc3C2=O)C(=O)N1. The van der Waals surface area contributed by atoms with Crippen molar-refractivity contribution in [1.29, 1.82) is 0 Å². The molecule has 1 aromatic heterocycles. The van der Waals surface area contributed by atoms with Crippen molar-refractivity contribution in [2.24, 2.45) is 4.99 Å². The van der Waals surface area contributed by atoms with Crippen molar-refractivity contribution in [3.8, 4) is 11.3 Å². The van der Waals surface area contributed by atoms with Gasteiger partial charge in [-0.3, -0.25) is 34.3 Å². The van der Waals surface area contributed by atoms with Crippen LogP contribution in [-0.2, 0) is 41.7 Å². The van der Waals surface area contributed by atoms with E-state index in [0.717, 1.165) is 0 Å². The molecule has 4 N–H and O–H groups in total. The van der Waals surface area contributed by atoms with Gasteiger partial charge in [0.2, 0.25) is 23.7 Å². The molecule has 1 saturated heterocycles. The molecule has 1 atom stereocenters. The Morgan fingerprint density at radius 2 is 1.60 bits per heavy atom. The Morgan fingerprint density at radius 3 is 2.37 bits per heavy atom. The minimum Gasteiger partial charge on any atom is -0.381 e. The highest BCUT2D eigenvalue weighted by atomic mass is 35.5. The molecule has 5 amide bonds. The maximum absolute atomic E-state index is 14.9. The number of hydrogen-bond donors (Lipinski definition) is 4. The number of rotatable bonds is 19. The van der Waals surface area contributed by atoms with E-state index < -0.39 is 23.6 Å². The lowest BCUT2D eigenvalue weighted by Crippen LogP contribution is -2.52. The van der Waals surface area contributed by atoms with E-state index in [0.29, 0.717) is 88.3 Å². The highest BCUT2D eigenvalue weighted by Gasteiger charge is 2.40. The number of halogens is 3. The smallest absolute Gasteiger partial charge is 0.255 e. The topological polar surface area (TPSA) is 203 Å². The molecular weight excluding hydrogens is 890 g/mol. The van der Waals surface area contributed by atoms with Gasteiger partial charge in [0.05, 0.1) is 56.4 Å². The highest BCUT2D eigenvalue weighted by Crippen LogP contribution is 2.35. The summed E-state index contributed by atoms with van der Waals surface area (Å²) in [4.78, 5) is 77.6. The summed E-state index contributed by atoms with van der Waals surface area (Å²) in [7, 11) is 0. The van der Waals surface area contributed by atoms with Gasteiger partial charge in [0.25, 0.3) is 11.8 Å². The first-order valence-corrected chi connectivity index (χ1v) is 22.0. The number of amides is 5. The monoisotopic (exact) mass is 934 g/mol. The molecular formula is C48H45ClF2N8O8. The lowest BCUT2D eigenvalue weighted by atomic mass is 9.95. The van der Waals surface area contributed by atoms with E-state index >= 15 is 0 Å². The number of carbonyl (C=O) groups excluding carboxylic acids is 5. The minimum atomic E-state index is -0.743. The van der Waals surface area contributed by atoms with E-state index in [4.69, 9.17) is 30.8 Å². The van der Waals surface area contributed by atoms with Crippen LogP contribution in [0.4, 0.5) is 26.1 Å². The molecule has 19 heteroatoms. The third kappa shape index (κ3) is 11.2. The number of aliphatic imine (C=N–C) groups is 1. The molecule has 0 saturated carbocycles. The van der Waals surface area contributed by atoms with E-state index in [1.165, 1.54) is 23.1 Å². The molecule has 4 heterocycles. The van der Waals surface area contributed by atoms with Crippen LogP contribution in [0.15, 0.2) is 90.1 Å². The van der Waals surface area contributed by atoms with E-state index in [9.17, 15) is 32.8 Å². The van der Waals surface area contributed by atoms with Crippen LogP contribution in [0.5, 0.6) is 0 Å². The fourth-order valence-electron chi connectivity index (χ4n) is 7.86. The number of anilines is 3. The molecule has 4 aromatic carbocycles. The second-order valence-corrected chi connectivity index (χ2v) is 16.1. The maximum atomic E-state index is 14.9. The van der Waals surface area contributed by atoms with Crippen molar-refractivity contribution >= 4 is 64.2 Å². The highest BCUT2D eigenvalue weighted by molar-refractivity contribution is 6.31. The van der Waals surface area contributed by atoms with E-state index in [-0.39, 0.29) is 93.0 Å². The first-order valence-electron chi connectivity index (χ1n) is 21.6. The summed E-state index contributed by atoms with van der Waals surface area (Å²) >= 11 is 6.34. The summed E-state index contributed by atoms with van der Waals surface area (Å²) in [5, 5.41) is 11.5. The molecule has 5 aromatic rings. The van der Waals surface area contributed by atoms with Crippen LogP contribution in [-0.4, -0.2) is 102 Å². The van der Waals surface area contributed by atoms with Crippen LogP contribution < -0.4 is 21.3 Å². The molecule has 3 aliphatic heterocycles. The molecule has 0 radical (unpaired) electrons. The fourth-order valence-corrected chi connectivity index (χ4v) is 8.03. The molecule has 0 spiro atoms. The molecule has 8 rings (SSSR count). The number of nitrogens with zero attached hydrogens (tertiary/aromatic N) is 4. The van der Waals surface area contributed by atoms with Gasteiger partial charge in [0.15, 0.2) is 0 Å². The Hall–Kier alpha value is -6.99. The number of ether oxygens (including phenoxy) is 3. The van der Waals surface area contributed by atoms with Gasteiger partial charge in [0, 0.05) is 88.7 Å². The summed E-state index contributed by atoms with van der Waals surface area (Å²) in [6.45, 7) is 2.52. The van der Waals surface area contributed by atoms with Crippen LogP contribution >= 0.6 is 11.6 Å². The minimum absolute atomic E-state index is 0.0852. The lowest BCUT2D eigenvalue weighted by Gasteiger charge is -2.29. The van der Waals surface area contributed by atoms with Gasteiger partial charge in [-0.2, -0.15) is 0 Å². The predicted octanol–water partition coefficient (Wildman–Crippen LogP) is 6.13. The van der Waals surface area contributed by atoms with Crippen LogP contribution in [0, 0.1) is 11.6 Å². The number of benzene rings is 4. The van der Waals surface area contributed by atoms with Crippen molar-refractivity contribution < 1.29 is 47.0 Å². The molecule has 3 aliphatic rings. The Morgan fingerprint density at radius 1 is 0.851 bits per heavy atom. The zero-order valence-corrected chi connectivity index (χ0v) is 36.8. The van der Waals surface area contributed by atoms with E-state index in [1.807, 2.05) is 0 Å². The second kappa shape index (κ2) is 21.5. The molecule has 0 bridgehead atoms. The van der Waals surface area contributed by atoms with Crippen molar-refractivity contribution in [2.75, 3.05) is 56.8 Å². The molecule has 1 fully saturated rings. The van der Waals surface area contributed by atoms with Gasteiger partial charge >= 0.3 is 0 Å². The first kappa shape index (κ1) is 46.5. The van der Waals surface area contributed by atoms with Gasteiger partial charge in [-0.05, 0) is 73.5 Å². The van der Waals surface area contributed by atoms with Gasteiger partial charge in [-0.25, -0.2) is 18.7 Å². The number of imide groups is 1. The van der Waals surface area contributed by atoms with Gasteiger partial charge in [-0.15, -0.1) is 0 Å². The van der Waals surface area contributed by atoms with Crippen LogP contribution in [0.3, 0.4) is 0 Å². The number of aromatic nitrogens is 2. The summed E-state index contributed by atoms with van der Waals surface area (Å²) in [5.41, 5.74) is 4.70. The number of carbonyl (C=O) groups is 5. The normalized spacial score (nSPS) is 15.2. The first-order chi connectivity index (χ1) is 32.5.